The Labute approximate surface area is 298 Å². The summed E-state index contributed by atoms with van der Waals surface area (Å²) >= 11 is 6.46. The number of fused-ring (bicyclic) bond motifs is 1. The lowest BCUT2D eigenvalue weighted by molar-refractivity contribution is -0.192. The number of ether oxygens (including phenoxy) is 2. The number of nitrogens with one attached hydrogen (secondary N) is 1. The number of rotatable bonds is 11. The maximum Gasteiger partial charge on any atom is 0.490 e. The lowest BCUT2D eigenvalue weighted by atomic mass is 10.0. The van der Waals surface area contributed by atoms with Gasteiger partial charge in [-0.3, -0.25) is 14.4 Å². The van der Waals surface area contributed by atoms with E-state index in [1.54, 1.807) is 56.3 Å². The first kappa shape index (κ1) is 40.8. The van der Waals surface area contributed by atoms with E-state index in [-0.39, 0.29) is 67.7 Å². The highest BCUT2D eigenvalue weighted by Crippen LogP contribution is 2.34. The number of aliphatic carboxylic acids is 3. The van der Waals surface area contributed by atoms with Crippen molar-refractivity contribution in [3.05, 3.63) is 70.4 Å². The first-order valence-corrected chi connectivity index (χ1v) is 15.9. The van der Waals surface area contributed by atoms with Gasteiger partial charge in [-0.25, -0.2) is 19.4 Å². The van der Waals surface area contributed by atoms with Gasteiger partial charge in [0.1, 0.15) is 17.4 Å². The second-order valence-corrected chi connectivity index (χ2v) is 11.6. The molecule has 0 radical (unpaired) electrons. The van der Waals surface area contributed by atoms with E-state index in [9.17, 15) is 47.4 Å². The van der Waals surface area contributed by atoms with Gasteiger partial charge >= 0.3 is 30.2 Å². The number of aromatic nitrogens is 1. The van der Waals surface area contributed by atoms with Gasteiger partial charge in [0.05, 0.1) is 17.1 Å². The molecule has 15 nitrogen and oxygen atoms in total. The predicted molar refractivity (Wildman–Crippen MR) is 176 cm³/mol. The van der Waals surface area contributed by atoms with Crippen molar-refractivity contribution in [2.45, 2.75) is 32.5 Å². The van der Waals surface area contributed by atoms with E-state index in [1.165, 1.54) is 15.9 Å². The second kappa shape index (κ2) is 18.0. The maximum absolute atomic E-state index is 13.2. The summed E-state index contributed by atoms with van der Waals surface area (Å²) in [5.41, 5.74) is 1.21. The van der Waals surface area contributed by atoms with Crippen molar-refractivity contribution in [3.63, 3.8) is 0 Å². The first-order valence-electron chi connectivity index (χ1n) is 15.5. The first-order chi connectivity index (χ1) is 24.4. The van der Waals surface area contributed by atoms with Gasteiger partial charge in [0, 0.05) is 49.7 Å². The molecule has 2 heterocycles. The molecule has 2 aromatic carbocycles. The van der Waals surface area contributed by atoms with Crippen LogP contribution in [0.4, 0.5) is 18.0 Å². The Morgan fingerprint density at radius 1 is 0.942 bits per heavy atom. The zero-order valence-corrected chi connectivity index (χ0v) is 28.4. The average Bonchev–Trinajstić information content (AvgIpc) is 3.08. The average molecular weight is 755 g/mol. The Kier molecular flexibility index (Phi) is 14.1. The topological polar surface area (TPSA) is 213 Å². The lowest BCUT2D eigenvalue weighted by Crippen LogP contribution is -2.53. The van der Waals surface area contributed by atoms with Crippen molar-refractivity contribution in [2.24, 2.45) is 5.92 Å². The number of aryl methyl sites for hydroxylation is 1. The van der Waals surface area contributed by atoms with Crippen molar-refractivity contribution in [2.75, 3.05) is 39.3 Å². The molecule has 1 fully saturated rings. The van der Waals surface area contributed by atoms with Crippen LogP contribution in [0, 0.1) is 12.8 Å². The standard InChI is InChI=1S/C31H33ClN4O9.C2HF3O2/c1-3-44-31(43)36-13-11-35(12-14-36)28(38)20(29(39)40)9-10-33-27(37)23-17-24(21-15-18(2)16-22(32)25(21)34-23)45-26(30(41)42)19-7-5-4-6-8-19;3-2(4,5)1(6)7/h4-8,15-17,20,26H,3,9-14H2,1-2H3,(H,33,37)(H,39,40)(H,41,42);(H,6,7). The van der Waals surface area contributed by atoms with Gasteiger partial charge in [-0.1, -0.05) is 41.9 Å². The quantitative estimate of drug-likeness (QED) is 0.203. The fourth-order valence-electron chi connectivity index (χ4n) is 4.94. The number of carboxylic acid groups (broad SMARTS) is 3. The van der Waals surface area contributed by atoms with Gasteiger partial charge in [-0.05, 0) is 38.0 Å². The summed E-state index contributed by atoms with van der Waals surface area (Å²) in [6, 6.07) is 13.0. The Balaban J connectivity index is 0.000000944. The van der Waals surface area contributed by atoms with E-state index in [2.05, 4.69) is 10.3 Å². The molecule has 0 spiro atoms. The molecule has 4 rings (SSSR count). The molecule has 52 heavy (non-hydrogen) atoms. The molecule has 1 aliphatic rings. The van der Waals surface area contributed by atoms with Crippen molar-refractivity contribution in [1.29, 1.82) is 0 Å². The fourth-order valence-corrected chi connectivity index (χ4v) is 5.25. The third kappa shape index (κ3) is 10.9. The number of alkyl halides is 3. The Bertz CT molecular complexity index is 1800. The Morgan fingerprint density at radius 2 is 1.54 bits per heavy atom. The van der Waals surface area contributed by atoms with Gasteiger partial charge in [-0.15, -0.1) is 0 Å². The molecule has 2 unspecified atom stereocenters. The Hall–Kier alpha value is -5.65. The number of halogens is 4. The van der Waals surface area contributed by atoms with Crippen LogP contribution in [0.2, 0.25) is 5.02 Å². The van der Waals surface area contributed by atoms with Crippen LogP contribution in [0.15, 0.2) is 48.5 Å². The largest absolute Gasteiger partial charge is 0.490 e. The van der Waals surface area contributed by atoms with Gasteiger partial charge in [-0.2, -0.15) is 13.2 Å². The molecule has 4 N–H and O–H groups in total. The third-order valence-electron chi connectivity index (χ3n) is 7.45. The van der Waals surface area contributed by atoms with Crippen LogP contribution in [0.3, 0.4) is 0 Å². The molecular weight excluding hydrogens is 721 g/mol. The highest BCUT2D eigenvalue weighted by molar-refractivity contribution is 6.35. The van der Waals surface area contributed by atoms with Crippen molar-refractivity contribution < 1.29 is 66.7 Å². The number of hydrogen-bond acceptors (Lipinski definition) is 9. The molecule has 0 aliphatic carbocycles. The SMILES string of the molecule is CCOC(=O)N1CCN(C(=O)C(CCNC(=O)c2cc(OC(C(=O)O)c3ccccc3)c3cc(C)cc(Cl)c3n2)C(=O)O)CC1.O=C(O)C(F)(F)F. The zero-order valence-electron chi connectivity index (χ0n) is 27.7. The summed E-state index contributed by atoms with van der Waals surface area (Å²) in [5, 5.41) is 30.0. The summed E-state index contributed by atoms with van der Waals surface area (Å²) in [4.78, 5) is 78.4. The molecule has 2 atom stereocenters. The molecule has 3 aromatic rings. The van der Waals surface area contributed by atoms with Crippen molar-refractivity contribution >= 4 is 58.3 Å². The summed E-state index contributed by atoms with van der Waals surface area (Å²) in [6.45, 7) is 4.24. The molecule has 280 valence electrons. The lowest BCUT2D eigenvalue weighted by Gasteiger charge is -2.35. The predicted octanol–water partition coefficient (Wildman–Crippen LogP) is 4.16. The summed E-state index contributed by atoms with van der Waals surface area (Å²) < 4.78 is 42.7. The second-order valence-electron chi connectivity index (χ2n) is 11.1. The monoisotopic (exact) mass is 754 g/mol. The molecule has 1 aliphatic heterocycles. The highest BCUT2D eigenvalue weighted by Gasteiger charge is 2.38. The van der Waals surface area contributed by atoms with Crippen LogP contribution in [0.5, 0.6) is 5.75 Å². The summed E-state index contributed by atoms with van der Waals surface area (Å²) in [6.07, 6.45) is -7.18. The normalized spacial score (nSPS) is 14.0. The van der Waals surface area contributed by atoms with Gasteiger partial charge in [0.2, 0.25) is 12.0 Å². The molecule has 3 amide bonds. The van der Waals surface area contributed by atoms with E-state index in [4.69, 9.17) is 31.0 Å². The number of amides is 3. The molecule has 0 bridgehead atoms. The number of nitrogens with zero attached hydrogens (tertiary/aromatic N) is 3. The fraction of sp³-hybridized carbons (Fsp3) is 0.364. The number of carboxylic acids is 3. The minimum atomic E-state index is -5.08. The van der Waals surface area contributed by atoms with Crippen LogP contribution in [-0.4, -0.2) is 111 Å². The molecule has 19 heteroatoms. The smallest absolute Gasteiger partial charge is 0.481 e. The van der Waals surface area contributed by atoms with E-state index >= 15 is 0 Å². The highest BCUT2D eigenvalue weighted by atomic mass is 35.5. The number of carbonyl (C=O) groups excluding carboxylic acids is 3. The van der Waals surface area contributed by atoms with E-state index in [0.29, 0.717) is 10.9 Å². The van der Waals surface area contributed by atoms with Crippen LogP contribution < -0.4 is 10.1 Å². The minimum absolute atomic E-state index is 0.0626. The number of carbonyl (C=O) groups is 6. The molecule has 1 aromatic heterocycles. The summed E-state index contributed by atoms with van der Waals surface area (Å²) in [7, 11) is 0. The zero-order chi connectivity index (χ0) is 38.7. The molecule has 0 saturated carbocycles. The van der Waals surface area contributed by atoms with Crippen LogP contribution >= 0.6 is 11.6 Å². The van der Waals surface area contributed by atoms with E-state index in [1.807, 2.05) is 0 Å². The van der Waals surface area contributed by atoms with Gasteiger partial charge in [0.25, 0.3) is 5.91 Å². The van der Waals surface area contributed by atoms with Gasteiger partial charge in [0.15, 0.2) is 0 Å². The number of benzene rings is 2. The van der Waals surface area contributed by atoms with Gasteiger partial charge < -0.3 is 39.9 Å². The summed E-state index contributed by atoms with van der Waals surface area (Å²) in [5.74, 6) is -8.04. The number of hydrogen-bond donors (Lipinski definition) is 4. The van der Waals surface area contributed by atoms with E-state index in [0.717, 1.165) is 5.56 Å². The minimum Gasteiger partial charge on any atom is -0.481 e. The molecule has 1 saturated heterocycles. The number of pyridine rings is 1. The maximum atomic E-state index is 13.2. The van der Waals surface area contributed by atoms with E-state index < -0.39 is 54.0 Å². The van der Waals surface area contributed by atoms with Crippen molar-refractivity contribution in [3.8, 4) is 5.75 Å². The third-order valence-corrected chi connectivity index (χ3v) is 7.74. The molecular formula is C33H34ClF3N4O11. The van der Waals surface area contributed by atoms with Crippen LogP contribution in [0.25, 0.3) is 10.9 Å². The van der Waals surface area contributed by atoms with Crippen molar-refractivity contribution in [1.82, 2.24) is 20.1 Å². The Morgan fingerprint density at radius 3 is 2.08 bits per heavy atom. The van der Waals surface area contributed by atoms with Crippen LogP contribution in [-0.2, 0) is 23.9 Å². The number of piperazine rings is 1. The van der Waals surface area contributed by atoms with Crippen LogP contribution in [0.1, 0.15) is 41.1 Å².